The quantitative estimate of drug-likeness (QED) is 0.745. The lowest BCUT2D eigenvalue weighted by molar-refractivity contribution is 0.415. The van der Waals surface area contributed by atoms with Crippen molar-refractivity contribution < 1.29 is 9.15 Å². The average Bonchev–Trinajstić information content (AvgIpc) is 2.79. The van der Waals surface area contributed by atoms with Crippen LogP contribution in [0.5, 0.6) is 5.75 Å². The summed E-state index contributed by atoms with van der Waals surface area (Å²) in [7, 11) is 1.69. The van der Waals surface area contributed by atoms with Gasteiger partial charge in [0.1, 0.15) is 17.1 Å². The van der Waals surface area contributed by atoms with Crippen molar-refractivity contribution in [2.45, 2.75) is 39.7 Å². The van der Waals surface area contributed by atoms with Gasteiger partial charge >= 0.3 is 0 Å². The topological polar surface area (TPSA) is 34.4 Å². The molecule has 0 saturated heterocycles. The number of aryl methyl sites for hydroxylation is 1. The number of hydrogen-bond acceptors (Lipinski definition) is 3. The van der Waals surface area contributed by atoms with Gasteiger partial charge in [-0.1, -0.05) is 20.3 Å². The maximum Gasteiger partial charge on any atom is 0.149 e. The van der Waals surface area contributed by atoms with Crippen LogP contribution >= 0.6 is 15.9 Å². The summed E-state index contributed by atoms with van der Waals surface area (Å²) in [6, 6.07) is 4.02. The van der Waals surface area contributed by atoms with Crippen molar-refractivity contribution in [2.24, 2.45) is 0 Å². The molecule has 0 fully saturated rings. The predicted octanol–water partition coefficient (Wildman–Crippen LogP) is 4.66. The molecule has 0 spiro atoms. The summed E-state index contributed by atoms with van der Waals surface area (Å²) in [4.78, 5) is 0. The second-order valence-electron chi connectivity index (χ2n) is 4.92. The molecule has 20 heavy (non-hydrogen) atoms. The van der Waals surface area contributed by atoms with Gasteiger partial charge in [0, 0.05) is 10.9 Å². The highest BCUT2D eigenvalue weighted by Gasteiger charge is 2.16. The van der Waals surface area contributed by atoms with Crippen LogP contribution < -0.4 is 10.1 Å². The Morgan fingerprint density at radius 1 is 1.25 bits per heavy atom. The number of fused-ring (bicyclic) bond motifs is 1. The van der Waals surface area contributed by atoms with Crippen LogP contribution in [-0.2, 0) is 13.0 Å². The first kappa shape index (κ1) is 15.4. The number of ether oxygens (including phenoxy) is 1. The molecule has 0 atom stereocenters. The van der Waals surface area contributed by atoms with Crippen LogP contribution in [0.2, 0.25) is 0 Å². The van der Waals surface area contributed by atoms with Crippen molar-refractivity contribution in [2.75, 3.05) is 13.7 Å². The number of nitrogens with one attached hydrogen (secondary N) is 1. The summed E-state index contributed by atoms with van der Waals surface area (Å²) in [5, 5.41) is 4.58. The molecule has 3 nitrogen and oxygen atoms in total. The number of halogens is 1. The van der Waals surface area contributed by atoms with E-state index in [1.807, 2.05) is 6.07 Å². The maximum atomic E-state index is 6.06. The first-order valence-electron chi connectivity index (χ1n) is 7.19. The Morgan fingerprint density at radius 3 is 2.70 bits per heavy atom. The van der Waals surface area contributed by atoms with Gasteiger partial charge in [-0.15, -0.1) is 0 Å². The van der Waals surface area contributed by atoms with Crippen molar-refractivity contribution in [3.63, 3.8) is 0 Å². The fourth-order valence-electron chi connectivity index (χ4n) is 2.39. The zero-order valence-electron chi connectivity index (χ0n) is 12.4. The van der Waals surface area contributed by atoms with Crippen LogP contribution in [0.1, 0.15) is 38.0 Å². The third-order valence-corrected chi connectivity index (χ3v) is 3.94. The maximum absolute atomic E-state index is 6.06. The summed E-state index contributed by atoms with van der Waals surface area (Å²) in [5.74, 6) is 1.90. The van der Waals surface area contributed by atoms with Crippen LogP contribution in [0.25, 0.3) is 11.0 Å². The Bertz CT molecular complexity index is 577. The molecule has 2 rings (SSSR count). The van der Waals surface area contributed by atoms with Gasteiger partial charge in [0.05, 0.1) is 18.1 Å². The van der Waals surface area contributed by atoms with E-state index in [0.29, 0.717) is 0 Å². The molecule has 1 aromatic heterocycles. The fraction of sp³-hybridized carbons (Fsp3) is 0.500. The molecule has 0 unspecified atom stereocenters. The van der Waals surface area contributed by atoms with Crippen LogP contribution in [-0.4, -0.2) is 13.7 Å². The monoisotopic (exact) mass is 339 g/mol. The minimum absolute atomic E-state index is 0.784. The van der Waals surface area contributed by atoms with Gasteiger partial charge in [-0.3, -0.25) is 0 Å². The lowest BCUT2D eigenvalue weighted by Crippen LogP contribution is -2.14. The molecule has 0 radical (unpaired) electrons. The minimum atomic E-state index is 0.784. The van der Waals surface area contributed by atoms with Crippen LogP contribution in [0, 0.1) is 0 Å². The standard InChI is InChI=1S/C16H22BrNO2/c1-4-6-12-13-8-11(19-3)9-14(17)16(13)20-15(12)10-18-7-5-2/h8-9,18H,4-7,10H2,1-3H3. The minimum Gasteiger partial charge on any atom is -0.497 e. The van der Waals surface area contributed by atoms with E-state index in [9.17, 15) is 0 Å². The molecular weight excluding hydrogens is 318 g/mol. The van der Waals surface area contributed by atoms with E-state index in [4.69, 9.17) is 9.15 Å². The Balaban J connectivity index is 2.45. The third kappa shape index (κ3) is 3.18. The molecule has 4 heteroatoms. The number of hydrogen-bond donors (Lipinski definition) is 1. The van der Waals surface area contributed by atoms with E-state index in [1.54, 1.807) is 7.11 Å². The van der Waals surface area contributed by atoms with Gasteiger partial charge in [0.2, 0.25) is 0 Å². The molecule has 0 aliphatic rings. The lowest BCUT2D eigenvalue weighted by Gasteiger charge is -2.04. The van der Waals surface area contributed by atoms with E-state index in [0.717, 1.165) is 59.3 Å². The molecule has 110 valence electrons. The first-order chi connectivity index (χ1) is 9.71. The molecule has 1 aromatic carbocycles. The van der Waals surface area contributed by atoms with Gasteiger partial charge in [-0.05, 0) is 47.4 Å². The molecule has 0 bridgehead atoms. The largest absolute Gasteiger partial charge is 0.497 e. The van der Waals surface area contributed by atoms with Gasteiger partial charge in [0.15, 0.2) is 0 Å². The lowest BCUT2D eigenvalue weighted by atomic mass is 10.1. The van der Waals surface area contributed by atoms with Crippen molar-refractivity contribution >= 4 is 26.9 Å². The Morgan fingerprint density at radius 2 is 2.05 bits per heavy atom. The molecular formula is C16H22BrNO2. The molecule has 1 N–H and O–H groups in total. The molecule has 0 aliphatic carbocycles. The number of methoxy groups -OCH3 is 1. The highest BCUT2D eigenvalue weighted by atomic mass is 79.9. The fourth-order valence-corrected chi connectivity index (χ4v) is 2.92. The van der Waals surface area contributed by atoms with Crippen LogP contribution in [0.15, 0.2) is 21.0 Å². The molecule has 2 aromatic rings. The number of rotatable bonds is 7. The van der Waals surface area contributed by atoms with Gasteiger partial charge < -0.3 is 14.5 Å². The van der Waals surface area contributed by atoms with E-state index >= 15 is 0 Å². The Kier molecular flexibility index (Phi) is 5.49. The Hall–Kier alpha value is -1.00. The van der Waals surface area contributed by atoms with Gasteiger partial charge in [-0.25, -0.2) is 0 Å². The predicted molar refractivity (Wildman–Crippen MR) is 86.5 cm³/mol. The number of furan rings is 1. The summed E-state index contributed by atoms with van der Waals surface area (Å²) >= 11 is 3.57. The average molecular weight is 340 g/mol. The molecule has 1 heterocycles. The summed E-state index contributed by atoms with van der Waals surface area (Å²) in [6.07, 6.45) is 3.25. The van der Waals surface area contributed by atoms with Gasteiger partial charge in [0.25, 0.3) is 0 Å². The molecule has 0 amide bonds. The van der Waals surface area contributed by atoms with Crippen molar-refractivity contribution in [3.8, 4) is 5.75 Å². The highest BCUT2D eigenvalue weighted by molar-refractivity contribution is 9.10. The molecule has 0 aliphatic heterocycles. The van der Waals surface area contributed by atoms with E-state index < -0.39 is 0 Å². The zero-order valence-corrected chi connectivity index (χ0v) is 14.0. The van der Waals surface area contributed by atoms with Crippen molar-refractivity contribution in [1.82, 2.24) is 5.32 Å². The van der Waals surface area contributed by atoms with E-state index in [2.05, 4.69) is 41.2 Å². The van der Waals surface area contributed by atoms with Gasteiger partial charge in [-0.2, -0.15) is 0 Å². The van der Waals surface area contributed by atoms with Crippen molar-refractivity contribution in [3.05, 3.63) is 27.9 Å². The van der Waals surface area contributed by atoms with E-state index in [-0.39, 0.29) is 0 Å². The third-order valence-electron chi connectivity index (χ3n) is 3.35. The summed E-state index contributed by atoms with van der Waals surface area (Å²) in [5.41, 5.74) is 2.22. The second kappa shape index (κ2) is 7.14. The van der Waals surface area contributed by atoms with E-state index in [1.165, 1.54) is 5.56 Å². The highest BCUT2D eigenvalue weighted by Crippen LogP contribution is 2.35. The van der Waals surface area contributed by atoms with Crippen LogP contribution in [0.3, 0.4) is 0 Å². The molecule has 0 saturated carbocycles. The number of benzene rings is 1. The smallest absolute Gasteiger partial charge is 0.149 e. The second-order valence-corrected chi connectivity index (χ2v) is 5.77. The summed E-state index contributed by atoms with van der Waals surface area (Å²) < 4.78 is 12.4. The van der Waals surface area contributed by atoms with Crippen LogP contribution in [0.4, 0.5) is 0 Å². The normalized spacial score (nSPS) is 11.2. The van der Waals surface area contributed by atoms with Crippen molar-refractivity contribution in [1.29, 1.82) is 0 Å². The summed E-state index contributed by atoms with van der Waals surface area (Å²) in [6.45, 7) is 6.15. The zero-order chi connectivity index (χ0) is 14.5. The first-order valence-corrected chi connectivity index (χ1v) is 7.99. The SMILES string of the molecule is CCCNCc1oc2c(Br)cc(OC)cc2c1CCC. The Labute approximate surface area is 128 Å².